The van der Waals surface area contributed by atoms with Gasteiger partial charge in [-0.05, 0) is 20.3 Å². The Morgan fingerprint density at radius 1 is 1.50 bits per heavy atom. The van der Waals surface area contributed by atoms with Crippen molar-refractivity contribution in [2.75, 3.05) is 12.8 Å². The molecular formula is C8H17O5P. The summed E-state index contributed by atoms with van der Waals surface area (Å²) in [6.45, 7) is 5.42. The fraction of sp³-hybridized carbons (Fsp3) is 0.875. The van der Waals surface area contributed by atoms with E-state index in [2.05, 4.69) is 0 Å². The lowest BCUT2D eigenvalue weighted by molar-refractivity contribution is -0.134. The zero-order valence-corrected chi connectivity index (χ0v) is 9.62. The van der Waals surface area contributed by atoms with Crippen molar-refractivity contribution in [2.24, 2.45) is 0 Å². The molecule has 0 aliphatic rings. The molecule has 0 aliphatic carbocycles. The molecule has 0 aromatic heterocycles. The van der Waals surface area contributed by atoms with E-state index in [9.17, 15) is 9.36 Å². The van der Waals surface area contributed by atoms with E-state index in [1.807, 2.05) is 6.92 Å². The molecule has 2 unspecified atom stereocenters. The number of hydrogen-bond donors (Lipinski definition) is 1. The van der Waals surface area contributed by atoms with Gasteiger partial charge in [0.15, 0.2) is 0 Å². The summed E-state index contributed by atoms with van der Waals surface area (Å²) >= 11 is 0. The van der Waals surface area contributed by atoms with Crippen LogP contribution in [0.5, 0.6) is 0 Å². The highest BCUT2D eigenvalue weighted by Gasteiger charge is 2.29. The van der Waals surface area contributed by atoms with Gasteiger partial charge in [0.1, 0.15) is 6.16 Å². The highest BCUT2D eigenvalue weighted by Crippen LogP contribution is 2.49. The number of aliphatic carboxylic acids is 1. The highest BCUT2D eigenvalue weighted by molar-refractivity contribution is 7.54. The number of carboxylic acid groups (broad SMARTS) is 1. The van der Waals surface area contributed by atoms with Gasteiger partial charge in [0.2, 0.25) is 0 Å². The van der Waals surface area contributed by atoms with Crippen LogP contribution in [0.1, 0.15) is 27.2 Å². The second kappa shape index (κ2) is 6.17. The maximum absolute atomic E-state index is 11.8. The van der Waals surface area contributed by atoms with Crippen molar-refractivity contribution in [3.8, 4) is 0 Å². The Morgan fingerprint density at radius 3 is 2.43 bits per heavy atom. The predicted molar refractivity (Wildman–Crippen MR) is 52.6 cm³/mol. The molecular weight excluding hydrogens is 207 g/mol. The predicted octanol–water partition coefficient (Wildman–Crippen LogP) is 2.12. The second-order valence-electron chi connectivity index (χ2n) is 2.90. The van der Waals surface area contributed by atoms with Crippen LogP contribution in [0.2, 0.25) is 0 Å². The van der Waals surface area contributed by atoms with E-state index in [1.54, 1.807) is 13.8 Å². The van der Waals surface area contributed by atoms with Crippen LogP contribution in [0.25, 0.3) is 0 Å². The van der Waals surface area contributed by atoms with Crippen molar-refractivity contribution in [1.82, 2.24) is 0 Å². The SMILES string of the molecule is CCOP(=O)(CC(=O)O)OC(C)CC. The van der Waals surface area contributed by atoms with Crippen LogP contribution >= 0.6 is 7.60 Å². The van der Waals surface area contributed by atoms with Gasteiger partial charge in [0.25, 0.3) is 0 Å². The molecule has 0 spiro atoms. The first-order chi connectivity index (χ1) is 6.43. The van der Waals surface area contributed by atoms with Crippen molar-refractivity contribution < 1.29 is 23.5 Å². The molecule has 6 heteroatoms. The van der Waals surface area contributed by atoms with Crippen LogP contribution in [0.15, 0.2) is 0 Å². The maximum atomic E-state index is 11.8. The number of carbonyl (C=O) groups is 1. The molecule has 0 amide bonds. The molecule has 0 radical (unpaired) electrons. The average molecular weight is 224 g/mol. The molecule has 0 saturated heterocycles. The van der Waals surface area contributed by atoms with Crippen LogP contribution in [0, 0.1) is 0 Å². The fourth-order valence-corrected chi connectivity index (χ4v) is 2.47. The van der Waals surface area contributed by atoms with Gasteiger partial charge >= 0.3 is 13.6 Å². The Kier molecular flexibility index (Phi) is 6.00. The third-order valence-electron chi connectivity index (χ3n) is 1.57. The van der Waals surface area contributed by atoms with Crippen LogP contribution in [-0.2, 0) is 18.4 Å². The van der Waals surface area contributed by atoms with Gasteiger partial charge in [0, 0.05) is 0 Å². The van der Waals surface area contributed by atoms with E-state index in [0.29, 0.717) is 6.42 Å². The van der Waals surface area contributed by atoms with Crippen LogP contribution in [0.3, 0.4) is 0 Å². The zero-order chi connectivity index (χ0) is 11.2. The van der Waals surface area contributed by atoms with Gasteiger partial charge < -0.3 is 14.2 Å². The minimum absolute atomic E-state index is 0.182. The molecule has 2 atom stereocenters. The topological polar surface area (TPSA) is 72.8 Å². The summed E-state index contributed by atoms with van der Waals surface area (Å²) in [6.07, 6.45) is -0.172. The average Bonchev–Trinajstić information content (AvgIpc) is 2.02. The normalized spacial score (nSPS) is 17.4. The number of carboxylic acids is 1. The smallest absolute Gasteiger partial charge is 0.342 e. The minimum Gasteiger partial charge on any atom is -0.481 e. The Morgan fingerprint density at radius 2 is 2.07 bits per heavy atom. The van der Waals surface area contributed by atoms with E-state index >= 15 is 0 Å². The van der Waals surface area contributed by atoms with Gasteiger partial charge in [-0.15, -0.1) is 0 Å². The first-order valence-corrected chi connectivity index (χ1v) is 6.30. The zero-order valence-electron chi connectivity index (χ0n) is 8.73. The summed E-state index contributed by atoms with van der Waals surface area (Å²) in [5.41, 5.74) is 0. The largest absolute Gasteiger partial charge is 0.481 e. The first kappa shape index (κ1) is 13.6. The molecule has 0 fully saturated rings. The molecule has 0 heterocycles. The van der Waals surface area contributed by atoms with Crippen LogP contribution in [0.4, 0.5) is 0 Å². The monoisotopic (exact) mass is 224 g/mol. The lowest BCUT2D eigenvalue weighted by atomic mass is 10.3. The van der Waals surface area contributed by atoms with E-state index in [-0.39, 0.29) is 12.7 Å². The number of hydrogen-bond acceptors (Lipinski definition) is 4. The summed E-state index contributed by atoms with van der Waals surface area (Å²) in [7, 11) is -3.45. The Bertz CT molecular complexity index is 228. The lowest BCUT2D eigenvalue weighted by Crippen LogP contribution is -2.13. The molecule has 5 nitrogen and oxygen atoms in total. The molecule has 0 bridgehead atoms. The van der Waals surface area contributed by atoms with Crippen molar-refractivity contribution in [3.05, 3.63) is 0 Å². The van der Waals surface area contributed by atoms with E-state index in [1.165, 1.54) is 0 Å². The summed E-state index contributed by atoms with van der Waals surface area (Å²) in [4.78, 5) is 10.4. The second-order valence-corrected chi connectivity index (χ2v) is 4.91. The van der Waals surface area contributed by atoms with Crippen LogP contribution < -0.4 is 0 Å². The van der Waals surface area contributed by atoms with E-state index < -0.39 is 19.7 Å². The summed E-state index contributed by atoms with van der Waals surface area (Å²) < 4.78 is 21.7. The van der Waals surface area contributed by atoms with Gasteiger partial charge in [-0.25, -0.2) is 0 Å². The lowest BCUT2D eigenvalue weighted by Gasteiger charge is -2.19. The molecule has 84 valence electrons. The van der Waals surface area contributed by atoms with Gasteiger partial charge in [-0.2, -0.15) is 0 Å². The quantitative estimate of drug-likeness (QED) is 0.670. The fourth-order valence-electron chi connectivity index (χ4n) is 0.824. The molecule has 0 aromatic rings. The molecule has 0 rings (SSSR count). The standard InChI is InChI=1S/C8H17O5P/c1-4-7(3)13-14(11,12-5-2)6-8(9)10/h7H,4-6H2,1-3H3,(H,9,10). The molecule has 0 saturated carbocycles. The summed E-state index contributed by atoms with van der Waals surface area (Å²) in [5.74, 6) is -1.18. The van der Waals surface area contributed by atoms with Gasteiger partial charge in [0.05, 0.1) is 12.7 Å². The Balaban J connectivity index is 4.38. The summed E-state index contributed by atoms with van der Waals surface area (Å²) in [5, 5.41) is 8.53. The van der Waals surface area contributed by atoms with Crippen molar-refractivity contribution in [2.45, 2.75) is 33.3 Å². The summed E-state index contributed by atoms with van der Waals surface area (Å²) in [6, 6.07) is 0. The van der Waals surface area contributed by atoms with E-state index in [0.717, 1.165) is 0 Å². The molecule has 0 aliphatic heterocycles. The van der Waals surface area contributed by atoms with Gasteiger partial charge in [-0.3, -0.25) is 9.36 Å². The van der Waals surface area contributed by atoms with Gasteiger partial charge in [-0.1, -0.05) is 6.92 Å². The Hall–Kier alpha value is -0.380. The molecule has 1 N–H and O–H groups in total. The van der Waals surface area contributed by atoms with Crippen LogP contribution in [-0.4, -0.2) is 29.9 Å². The van der Waals surface area contributed by atoms with E-state index in [4.69, 9.17) is 14.2 Å². The van der Waals surface area contributed by atoms with Crippen molar-refractivity contribution in [1.29, 1.82) is 0 Å². The highest BCUT2D eigenvalue weighted by atomic mass is 31.2. The molecule has 0 aromatic carbocycles. The minimum atomic E-state index is -3.45. The number of rotatable bonds is 7. The Labute approximate surface area is 83.9 Å². The van der Waals surface area contributed by atoms with Crippen molar-refractivity contribution >= 4 is 13.6 Å². The maximum Gasteiger partial charge on any atom is 0.342 e. The third kappa shape index (κ3) is 5.37. The molecule has 14 heavy (non-hydrogen) atoms. The van der Waals surface area contributed by atoms with Crippen molar-refractivity contribution in [3.63, 3.8) is 0 Å². The third-order valence-corrected chi connectivity index (χ3v) is 3.56. The first-order valence-electron chi connectivity index (χ1n) is 4.57.